The van der Waals surface area contributed by atoms with Crippen LogP contribution in [-0.4, -0.2) is 24.6 Å². The molecule has 3 aromatic rings. The molecule has 0 aliphatic heterocycles. The molecule has 0 amide bonds. The zero-order valence-electron chi connectivity index (χ0n) is 17.9. The number of nitrogens with one attached hydrogen (secondary N) is 1. The second-order valence-electron chi connectivity index (χ2n) is 7.59. The zero-order valence-corrected chi connectivity index (χ0v) is 18.7. The van der Waals surface area contributed by atoms with Crippen molar-refractivity contribution < 1.29 is 8.42 Å². The van der Waals surface area contributed by atoms with Crippen molar-refractivity contribution in [2.24, 2.45) is 0 Å². The van der Waals surface area contributed by atoms with Gasteiger partial charge in [-0.2, -0.15) is 4.98 Å². The van der Waals surface area contributed by atoms with Crippen molar-refractivity contribution in [1.82, 2.24) is 9.97 Å². The molecule has 0 saturated heterocycles. The first-order valence-corrected chi connectivity index (χ1v) is 12.2. The molecular weight excluding hydrogens is 410 g/mol. The molecular formula is C23H29N5O2S. The van der Waals surface area contributed by atoms with Crippen LogP contribution < -0.4 is 16.8 Å². The Kier molecular flexibility index (Phi) is 7.12. The first-order valence-electron chi connectivity index (χ1n) is 10.3. The van der Waals surface area contributed by atoms with Gasteiger partial charge in [0, 0.05) is 24.1 Å². The lowest BCUT2D eigenvalue weighted by molar-refractivity contribution is 0.602. The number of aromatic nitrogens is 2. The van der Waals surface area contributed by atoms with Crippen molar-refractivity contribution in [3.63, 3.8) is 0 Å². The van der Waals surface area contributed by atoms with Crippen molar-refractivity contribution in [3.05, 3.63) is 59.8 Å². The summed E-state index contributed by atoms with van der Waals surface area (Å²) in [4.78, 5) is 8.90. The molecule has 0 atom stereocenters. The number of hydrogen-bond donors (Lipinski definition) is 3. The SMILES string of the molecule is CCCCCc1nc(N)nc(N)c1-c1ccc(NCc2ccc(S(C)(=O)=O)cc2)cc1. The molecule has 0 aliphatic carbocycles. The summed E-state index contributed by atoms with van der Waals surface area (Å²) < 4.78 is 23.1. The van der Waals surface area contributed by atoms with Gasteiger partial charge in [-0.25, -0.2) is 13.4 Å². The monoisotopic (exact) mass is 439 g/mol. The Bertz CT molecular complexity index is 1130. The van der Waals surface area contributed by atoms with Gasteiger partial charge in [0.05, 0.1) is 10.6 Å². The van der Waals surface area contributed by atoms with Gasteiger partial charge in [0.2, 0.25) is 5.95 Å². The maximum atomic E-state index is 11.6. The van der Waals surface area contributed by atoms with E-state index in [1.807, 2.05) is 36.4 Å². The fourth-order valence-corrected chi connectivity index (χ4v) is 4.03. The third-order valence-electron chi connectivity index (χ3n) is 5.07. The minimum atomic E-state index is -3.18. The van der Waals surface area contributed by atoms with Crippen LogP contribution in [0.15, 0.2) is 53.4 Å². The highest BCUT2D eigenvalue weighted by Crippen LogP contribution is 2.30. The van der Waals surface area contributed by atoms with Crippen molar-refractivity contribution in [1.29, 1.82) is 0 Å². The van der Waals surface area contributed by atoms with Crippen LogP contribution >= 0.6 is 0 Å². The third-order valence-corrected chi connectivity index (χ3v) is 6.20. The summed E-state index contributed by atoms with van der Waals surface area (Å²) in [6.45, 7) is 2.74. The number of unbranched alkanes of at least 4 members (excludes halogenated alkanes) is 2. The Morgan fingerprint density at radius 2 is 1.61 bits per heavy atom. The number of sulfone groups is 1. The summed E-state index contributed by atoms with van der Waals surface area (Å²) in [5.41, 5.74) is 16.6. The van der Waals surface area contributed by atoms with Gasteiger partial charge in [-0.3, -0.25) is 0 Å². The summed E-state index contributed by atoms with van der Waals surface area (Å²) in [7, 11) is -3.18. The third kappa shape index (κ3) is 5.95. The number of rotatable bonds is 9. The summed E-state index contributed by atoms with van der Waals surface area (Å²) in [5.74, 6) is 0.596. The number of nitrogens with zero attached hydrogens (tertiary/aromatic N) is 2. The second kappa shape index (κ2) is 9.78. The number of aryl methyl sites for hydroxylation is 1. The average Bonchev–Trinajstić information content (AvgIpc) is 2.72. The molecule has 1 heterocycles. The fraction of sp³-hybridized carbons (Fsp3) is 0.304. The Balaban J connectivity index is 1.73. The smallest absolute Gasteiger partial charge is 0.222 e. The lowest BCUT2D eigenvalue weighted by atomic mass is 10.0. The van der Waals surface area contributed by atoms with E-state index < -0.39 is 9.84 Å². The van der Waals surface area contributed by atoms with Crippen molar-refractivity contribution in [2.75, 3.05) is 23.0 Å². The molecule has 0 saturated carbocycles. The number of anilines is 3. The minimum Gasteiger partial charge on any atom is -0.383 e. The number of benzene rings is 2. The molecule has 31 heavy (non-hydrogen) atoms. The van der Waals surface area contributed by atoms with Crippen molar-refractivity contribution >= 4 is 27.3 Å². The van der Waals surface area contributed by atoms with Gasteiger partial charge in [0.25, 0.3) is 0 Å². The van der Waals surface area contributed by atoms with Gasteiger partial charge in [-0.1, -0.05) is 44.0 Å². The van der Waals surface area contributed by atoms with Gasteiger partial charge in [0.1, 0.15) is 5.82 Å². The minimum absolute atomic E-state index is 0.202. The Labute approximate surface area is 183 Å². The van der Waals surface area contributed by atoms with Crippen molar-refractivity contribution in [2.45, 2.75) is 44.0 Å². The highest BCUT2D eigenvalue weighted by Gasteiger charge is 2.13. The molecule has 5 N–H and O–H groups in total. The molecule has 1 aromatic heterocycles. The van der Waals surface area contributed by atoms with Crippen LogP contribution in [0.4, 0.5) is 17.5 Å². The number of hydrogen-bond acceptors (Lipinski definition) is 7. The first kappa shape index (κ1) is 22.6. The summed E-state index contributed by atoms with van der Waals surface area (Å²) in [6, 6.07) is 14.8. The molecule has 0 unspecified atom stereocenters. The van der Waals surface area contributed by atoms with E-state index in [2.05, 4.69) is 22.2 Å². The standard InChI is InChI=1S/C23H29N5O2S/c1-3-4-5-6-20-21(22(24)28-23(25)27-20)17-9-11-18(12-10-17)26-15-16-7-13-19(14-8-16)31(2,29)30/h7-14,26H,3-6,15H2,1-2H3,(H4,24,25,27,28). The molecule has 8 heteroatoms. The number of nitrogens with two attached hydrogens (primary N) is 2. The van der Waals surface area contributed by atoms with Gasteiger partial charge < -0.3 is 16.8 Å². The van der Waals surface area contributed by atoms with E-state index in [0.717, 1.165) is 53.8 Å². The molecule has 164 valence electrons. The van der Waals surface area contributed by atoms with Crippen LogP contribution in [0.5, 0.6) is 0 Å². The topological polar surface area (TPSA) is 124 Å². The van der Waals surface area contributed by atoms with E-state index >= 15 is 0 Å². The lowest BCUT2D eigenvalue weighted by Gasteiger charge is -2.13. The van der Waals surface area contributed by atoms with Crippen LogP contribution in [0, 0.1) is 0 Å². The zero-order chi connectivity index (χ0) is 22.4. The fourth-order valence-electron chi connectivity index (χ4n) is 3.40. The van der Waals surface area contributed by atoms with Gasteiger partial charge >= 0.3 is 0 Å². The van der Waals surface area contributed by atoms with Crippen LogP contribution in [0.3, 0.4) is 0 Å². The number of nitrogen functional groups attached to an aromatic ring is 2. The van der Waals surface area contributed by atoms with Crippen LogP contribution in [-0.2, 0) is 22.8 Å². The highest BCUT2D eigenvalue weighted by molar-refractivity contribution is 7.90. The van der Waals surface area contributed by atoms with E-state index in [1.165, 1.54) is 6.26 Å². The Hall–Kier alpha value is -3.13. The largest absolute Gasteiger partial charge is 0.383 e. The molecule has 2 aromatic carbocycles. The highest BCUT2D eigenvalue weighted by atomic mass is 32.2. The van der Waals surface area contributed by atoms with Crippen LogP contribution in [0.2, 0.25) is 0 Å². The molecule has 3 rings (SSSR count). The molecule has 0 aliphatic rings. The maximum Gasteiger partial charge on any atom is 0.222 e. The molecule has 0 bridgehead atoms. The van der Waals surface area contributed by atoms with E-state index in [-0.39, 0.29) is 5.95 Å². The molecule has 7 nitrogen and oxygen atoms in total. The van der Waals surface area contributed by atoms with E-state index in [0.29, 0.717) is 17.3 Å². The van der Waals surface area contributed by atoms with Crippen molar-refractivity contribution in [3.8, 4) is 11.1 Å². The quantitative estimate of drug-likeness (QED) is 0.430. The Morgan fingerprint density at radius 3 is 2.23 bits per heavy atom. The summed E-state index contributed by atoms with van der Waals surface area (Å²) in [6.07, 6.45) is 5.29. The summed E-state index contributed by atoms with van der Waals surface area (Å²) >= 11 is 0. The normalized spacial score (nSPS) is 11.4. The molecule has 0 spiro atoms. The average molecular weight is 440 g/mol. The summed E-state index contributed by atoms with van der Waals surface area (Å²) in [5, 5.41) is 3.35. The van der Waals surface area contributed by atoms with Gasteiger partial charge in [0.15, 0.2) is 9.84 Å². The van der Waals surface area contributed by atoms with E-state index in [9.17, 15) is 8.42 Å². The molecule has 0 fully saturated rings. The molecule has 0 radical (unpaired) electrons. The van der Waals surface area contributed by atoms with Gasteiger partial charge in [-0.15, -0.1) is 0 Å². The second-order valence-corrected chi connectivity index (χ2v) is 9.61. The lowest BCUT2D eigenvalue weighted by Crippen LogP contribution is -2.07. The first-order chi connectivity index (χ1) is 14.8. The predicted molar refractivity (Wildman–Crippen MR) is 126 cm³/mol. The van der Waals surface area contributed by atoms with Crippen LogP contribution in [0.25, 0.3) is 11.1 Å². The van der Waals surface area contributed by atoms with Crippen LogP contribution in [0.1, 0.15) is 37.4 Å². The maximum absolute atomic E-state index is 11.6. The van der Waals surface area contributed by atoms with E-state index in [4.69, 9.17) is 11.5 Å². The predicted octanol–water partition coefficient (Wildman–Crippen LogP) is 4.06. The van der Waals surface area contributed by atoms with E-state index in [1.54, 1.807) is 12.1 Å². The Morgan fingerprint density at radius 1 is 0.935 bits per heavy atom. The van der Waals surface area contributed by atoms with Gasteiger partial charge in [-0.05, 0) is 48.2 Å².